The number of hydrogen-bond donors (Lipinski definition) is 0. The lowest BCUT2D eigenvalue weighted by Crippen LogP contribution is -2.43. The van der Waals surface area contributed by atoms with Gasteiger partial charge >= 0.3 is 0 Å². The maximum absolute atomic E-state index is 13.8. The first-order valence-electron chi connectivity index (χ1n) is 11.7. The van der Waals surface area contributed by atoms with Gasteiger partial charge in [0.05, 0.1) is 25.2 Å². The minimum Gasteiger partial charge on any atom is -0.383 e. The predicted molar refractivity (Wildman–Crippen MR) is 142 cm³/mol. The van der Waals surface area contributed by atoms with Gasteiger partial charge in [-0.15, -0.1) is 11.3 Å². The zero-order valence-electron chi connectivity index (χ0n) is 20.6. The van der Waals surface area contributed by atoms with E-state index in [1.54, 1.807) is 47.5 Å². The number of halogens is 1. The van der Waals surface area contributed by atoms with Gasteiger partial charge in [-0.25, -0.2) is 12.8 Å². The van der Waals surface area contributed by atoms with Gasteiger partial charge in [0, 0.05) is 36.7 Å². The van der Waals surface area contributed by atoms with Gasteiger partial charge in [-0.3, -0.25) is 9.78 Å². The Bertz CT molecular complexity index is 1470. The maximum atomic E-state index is 13.8. The fraction of sp³-hybridized carbons (Fsp3) is 0.259. The Hall–Kier alpha value is -3.18. The molecule has 194 valence electrons. The number of amides is 1. The number of methoxy groups -OCH3 is 1. The first kappa shape index (κ1) is 26.9. The summed E-state index contributed by atoms with van der Waals surface area (Å²) in [5, 5.41) is 2.64. The molecule has 0 bridgehead atoms. The largest absolute Gasteiger partial charge is 0.383 e. The molecule has 4 aromatic rings. The Morgan fingerprint density at radius 1 is 1.05 bits per heavy atom. The van der Waals surface area contributed by atoms with E-state index in [4.69, 9.17) is 4.74 Å². The van der Waals surface area contributed by atoms with Gasteiger partial charge in [-0.2, -0.15) is 4.31 Å². The maximum Gasteiger partial charge on any atom is 0.245 e. The lowest BCUT2D eigenvalue weighted by Gasteiger charge is -2.27. The number of fused-ring (bicyclic) bond motifs is 1. The second-order valence-electron chi connectivity index (χ2n) is 8.57. The molecule has 2 aromatic heterocycles. The summed E-state index contributed by atoms with van der Waals surface area (Å²) in [6.45, 7) is 2.23. The van der Waals surface area contributed by atoms with Crippen LogP contribution in [0, 0.1) is 12.7 Å². The smallest absolute Gasteiger partial charge is 0.245 e. The van der Waals surface area contributed by atoms with Crippen molar-refractivity contribution in [2.75, 3.05) is 26.8 Å². The van der Waals surface area contributed by atoms with Crippen LogP contribution in [0.2, 0.25) is 0 Å². The lowest BCUT2D eigenvalue weighted by atomic mass is 10.2. The molecule has 10 heteroatoms. The van der Waals surface area contributed by atoms with E-state index in [1.807, 2.05) is 18.4 Å². The van der Waals surface area contributed by atoms with Crippen molar-refractivity contribution in [1.29, 1.82) is 0 Å². The number of ether oxygens (including phenoxy) is 1. The minimum atomic E-state index is -4.08. The average Bonchev–Trinajstić information content (AvgIpc) is 3.30. The Morgan fingerprint density at radius 2 is 1.81 bits per heavy atom. The van der Waals surface area contributed by atoms with Crippen LogP contribution in [0.15, 0.2) is 77.1 Å². The number of para-hydroxylation sites is 1. The molecule has 0 unspecified atom stereocenters. The highest BCUT2D eigenvalue weighted by Crippen LogP contribution is 2.25. The molecule has 2 aromatic carbocycles. The number of rotatable bonds is 11. The third-order valence-corrected chi connectivity index (χ3v) is 8.90. The van der Waals surface area contributed by atoms with E-state index in [0.29, 0.717) is 17.4 Å². The number of sulfonamides is 1. The van der Waals surface area contributed by atoms with Crippen molar-refractivity contribution < 1.29 is 22.3 Å². The molecule has 7 nitrogen and oxygen atoms in total. The number of thiophene rings is 1. The van der Waals surface area contributed by atoms with Gasteiger partial charge < -0.3 is 9.64 Å². The molecule has 0 saturated carbocycles. The average molecular weight is 542 g/mol. The quantitative estimate of drug-likeness (QED) is 0.277. The van der Waals surface area contributed by atoms with Gasteiger partial charge in [-0.1, -0.05) is 30.3 Å². The monoisotopic (exact) mass is 541 g/mol. The second-order valence-corrected chi connectivity index (χ2v) is 11.5. The minimum absolute atomic E-state index is 0.00376. The molecule has 2 heterocycles. The van der Waals surface area contributed by atoms with Crippen LogP contribution in [-0.2, 0) is 32.6 Å². The van der Waals surface area contributed by atoms with Crippen LogP contribution in [0.25, 0.3) is 10.9 Å². The SMILES string of the molecule is COCCN(CC(=O)N(Cc1ccc(F)cc1)Cc1sccc1C)S(=O)(=O)c1cccc2cccnc12. The third-order valence-electron chi connectivity index (χ3n) is 6.01. The van der Waals surface area contributed by atoms with Gasteiger partial charge in [0.2, 0.25) is 15.9 Å². The summed E-state index contributed by atoms with van der Waals surface area (Å²) < 4.78 is 47.4. The van der Waals surface area contributed by atoms with Crippen LogP contribution >= 0.6 is 11.3 Å². The van der Waals surface area contributed by atoms with Crippen LogP contribution in [0.5, 0.6) is 0 Å². The standard InChI is InChI=1S/C27H28FN3O4S2/c1-20-12-16-36-24(20)18-30(17-21-8-10-23(28)11-9-21)26(32)19-31(14-15-35-2)37(33,34)25-7-3-5-22-6-4-13-29-27(22)25/h3-13,16H,14-15,17-19H2,1-2H3. The molecular weight excluding hydrogens is 513 g/mol. The van der Waals surface area contributed by atoms with Gasteiger partial charge in [0.15, 0.2) is 0 Å². The third kappa shape index (κ3) is 6.40. The molecule has 0 aliphatic heterocycles. The fourth-order valence-electron chi connectivity index (χ4n) is 3.93. The van der Waals surface area contributed by atoms with Crippen molar-refractivity contribution in [3.05, 3.63) is 94.1 Å². The molecule has 0 spiro atoms. The van der Waals surface area contributed by atoms with E-state index in [-0.39, 0.29) is 42.9 Å². The van der Waals surface area contributed by atoms with E-state index >= 15 is 0 Å². The summed E-state index contributed by atoms with van der Waals surface area (Å²) in [6, 6.07) is 16.4. The van der Waals surface area contributed by atoms with E-state index in [9.17, 15) is 17.6 Å². The molecule has 0 saturated heterocycles. The van der Waals surface area contributed by atoms with Crippen molar-refractivity contribution in [3.63, 3.8) is 0 Å². The highest BCUT2D eigenvalue weighted by atomic mass is 32.2. The van der Waals surface area contributed by atoms with E-state index in [2.05, 4.69) is 4.98 Å². The first-order chi connectivity index (χ1) is 17.8. The number of aromatic nitrogens is 1. The number of aryl methyl sites for hydroxylation is 1. The summed E-state index contributed by atoms with van der Waals surface area (Å²) >= 11 is 1.53. The van der Waals surface area contributed by atoms with Crippen molar-refractivity contribution in [3.8, 4) is 0 Å². The van der Waals surface area contributed by atoms with Crippen LogP contribution in [0.4, 0.5) is 4.39 Å². The number of benzene rings is 2. The van der Waals surface area contributed by atoms with Gasteiger partial charge in [-0.05, 0) is 53.8 Å². The Morgan fingerprint density at radius 3 is 2.51 bits per heavy atom. The van der Waals surface area contributed by atoms with Crippen LogP contribution < -0.4 is 0 Å². The molecule has 37 heavy (non-hydrogen) atoms. The predicted octanol–water partition coefficient (Wildman–Crippen LogP) is 4.61. The van der Waals surface area contributed by atoms with Crippen LogP contribution in [0.3, 0.4) is 0 Å². The lowest BCUT2D eigenvalue weighted by molar-refractivity contribution is -0.132. The van der Waals surface area contributed by atoms with Gasteiger partial charge in [0.1, 0.15) is 10.7 Å². The molecule has 0 N–H and O–H groups in total. The number of pyridine rings is 1. The molecule has 0 aliphatic carbocycles. The number of hydrogen-bond acceptors (Lipinski definition) is 6. The normalized spacial score (nSPS) is 11.8. The van der Waals surface area contributed by atoms with Crippen molar-refractivity contribution >= 4 is 38.2 Å². The fourth-order valence-corrected chi connectivity index (χ4v) is 6.39. The number of carbonyl (C=O) groups is 1. The molecule has 0 fully saturated rings. The van der Waals surface area contributed by atoms with E-state index in [1.165, 1.54) is 36.6 Å². The number of carbonyl (C=O) groups excluding carboxylic acids is 1. The summed E-state index contributed by atoms with van der Waals surface area (Å²) in [4.78, 5) is 20.6. The summed E-state index contributed by atoms with van der Waals surface area (Å²) in [5.74, 6) is -0.735. The van der Waals surface area contributed by atoms with Gasteiger partial charge in [0.25, 0.3) is 0 Å². The number of nitrogens with zero attached hydrogens (tertiary/aromatic N) is 3. The molecule has 1 amide bonds. The summed E-state index contributed by atoms with van der Waals surface area (Å²) in [6.07, 6.45) is 1.54. The zero-order chi connectivity index (χ0) is 26.4. The molecular formula is C27H28FN3O4S2. The molecule has 4 rings (SSSR count). The first-order valence-corrected chi connectivity index (χ1v) is 14.0. The summed E-state index contributed by atoms with van der Waals surface area (Å²) in [7, 11) is -2.60. The molecule has 0 aliphatic rings. The highest BCUT2D eigenvalue weighted by Gasteiger charge is 2.30. The Kier molecular flexibility index (Phi) is 8.65. The second kappa shape index (κ2) is 11.9. The highest BCUT2D eigenvalue weighted by molar-refractivity contribution is 7.89. The van der Waals surface area contributed by atoms with Crippen LogP contribution in [0.1, 0.15) is 16.0 Å². The van der Waals surface area contributed by atoms with E-state index < -0.39 is 10.0 Å². The topological polar surface area (TPSA) is 79.8 Å². The van der Waals surface area contributed by atoms with E-state index in [0.717, 1.165) is 20.3 Å². The van der Waals surface area contributed by atoms with Crippen molar-refractivity contribution in [2.24, 2.45) is 0 Å². The molecule has 0 radical (unpaired) electrons. The Labute approximate surface area is 220 Å². The summed E-state index contributed by atoms with van der Waals surface area (Å²) in [5.41, 5.74) is 2.14. The molecule has 0 atom stereocenters. The zero-order valence-corrected chi connectivity index (χ0v) is 22.3. The van der Waals surface area contributed by atoms with Crippen LogP contribution in [-0.4, -0.2) is 55.3 Å². The Balaban J connectivity index is 1.65. The van der Waals surface area contributed by atoms with Crippen molar-refractivity contribution in [2.45, 2.75) is 24.9 Å². The van der Waals surface area contributed by atoms with Crippen molar-refractivity contribution in [1.82, 2.24) is 14.2 Å².